The molecule has 0 heterocycles. The average Bonchev–Trinajstić information content (AvgIpc) is 2.54. The number of rotatable bonds is 4. The molecule has 0 saturated carbocycles. The van der Waals surface area contributed by atoms with Crippen molar-refractivity contribution in [3.05, 3.63) is 65.2 Å². The average molecular weight is 310 g/mol. The van der Waals surface area contributed by atoms with Gasteiger partial charge in [-0.3, -0.25) is 4.79 Å². The molecular formula is C19H22N2O2. The molecule has 0 bridgehead atoms. The Balaban J connectivity index is 2.03. The minimum atomic E-state index is -0.239. The summed E-state index contributed by atoms with van der Waals surface area (Å²) in [5.74, 6) is 0.469. The third-order valence-electron chi connectivity index (χ3n) is 3.52. The Kier molecular flexibility index (Phi) is 5.16. The van der Waals surface area contributed by atoms with Gasteiger partial charge in [0.25, 0.3) is 5.91 Å². The first-order chi connectivity index (χ1) is 10.9. The Morgan fingerprint density at radius 1 is 1.09 bits per heavy atom. The minimum Gasteiger partial charge on any atom is -0.496 e. The van der Waals surface area contributed by atoms with Crippen molar-refractivity contribution in [2.75, 3.05) is 7.11 Å². The van der Waals surface area contributed by atoms with Gasteiger partial charge in [0.05, 0.1) is 13.3 Å². The molecule has 120 valence electrons. The van der Waals surface area contributed by atoms with E-state index in [-0.39, 0.29) is 11.3 Å². The van der Waals surface area contributed by atoms with E-state index in [1.54, 1.807) is 13.3 Å². The zero-order valence-electron chi connectivity index (χ0n) is 14.0. The van der Waals surface area contributed by atoms with Crippen LogP contribution < -0.4 is 10.2 Å². The van der Waals surface area contributed by atoms with Crippen LogP contribution in [-0.2, 0) is 5.41 Å². The molecule has 0 aliphatic rings. The van der Waals surface area contributed by atoms with E-state index >= 15 is 0 Å². The fourth-order valence-electron chi connectivity index (χ4n) is 2.12. The van der Waals surface area contributed by atoms with Gasteiger partial charge >= 0.3 is 0 Å². The van der Waals surface area contributed by atoms with Gasteiger partial charge in [-0.15, -0.1) is 0 Å². The minimum absolute atomic E-state index is 0.0665. The van der Waals surface area contributed by atoms with Gasteiger partial charge < -0.3 is 4.74 Å². The molecule has 0 radical (unpaired) electrons. The van der Waals surface area contributed by atoms with E-state index in [2.05, 4.69) is 31.3 Å². The zero-order chi connectivity index (χ0) is 16.9. The molecule has 0 unspecified atom stereocenters. The molecule has 2 rings (SSSR count). The summed E-state index contributed by atoms with van der Waals surface area (Å²) in [7, 11) is 1.60. The smallest absolute Gasteiger partial charge is 0.271 e. The molecule has 2 aromatic carbocycles. The van der Waals surface area contributed by atoms with Crippen LogP contribution in [0.15, 0.2) is 53.6 Å². The lowest BCUT2D eigenvalue weighted by Crippen LogP contribution is -2.18. The van der Waals surface area contributed by atoms with Crippen molar-refractivity contribution >= 4 is 12.1 Å². The van der Waals surface area contributed by atoms with Crippen LogP contribution >= 0.6 is 0 Å². The maximum Gasteiger partial charge on any atom is 0.271 e. The lowest BCUT2D eigenvalue weighted by atomic mass is 9.87. The SMILES string of the molecule is COc1ccccc1/C=N\NC(=O)c1ccc(C(C)(C)C)cc1. The zero-order valence-corrected chi connectivity index (χ0v) is 14.0. The first-order valence-electron chi connectivity index (χ1n) is 7.49. The Hall–Kier alpha value is -2.62. The van der Waals surface area contributed by atoms with Crippen LogP contribution in [0.4, 0.5) is 0 Å². The molecule has 0 atom stereocenters. The van der Waals surface area contributed by atoms with Gasteiger partial charge in [-0.25, -0.2) is 5.43 Å². The van der Waals surface area contributed by atoms with Gasteiger partial charge in [0.2, 0.25) is 0 Å². The lowest BCUT2D eigenvalue weighted by molar-refractivity contribution is 0.0955. The Morgan fingerprint density at radius 2 is 1.74 bits per heavy atom. The van der Waals surface area contributed by atoms with Gasteiger partial charge in [-0.05, 0) is 35.2 Å². The van der Waals surface area contributed by atoms with Crippen molar-refractivity contribution in [1.29, 1.82) is 0 Å². The van der Waals surface area contributed by atoms with Gasteiger partial charge in [-0.2, -0.15) is 5.10 Å². The lowest BCUT2D eigenvalue weighted by Gasteiger charge is -2.18. The van der Waals surface area contributed by atoms with Gasteiger partial charge in [0.15, 0.2) is 0 Å². The maximum atomic E-state index is 12.1. The van der Waals surface area contributed by atoms with Gasteiger partial charge in [0.1, 0.15) is 5.75 Å². The van der Waals surface area contributed by atoms with E-state index in [1.165, 1.54) is 5.56 Å². The number of carbonyl (C=O) groups excluding carboxylic acids is 1. The molecule has 0 saturated heterocycles. The third kappa shape index (κ3) is 4.42. The second-order valence-corrected chi connectivity index (χ2v) is 6.27. The summed E-state index contributed by atoms with van der Waals surface area (Å²) in [4.78, 5) is 12.1. The number of hydrogen-bond acceptors (Lipinski definition) is 3. The van der Waals surface area contributed by atoms with Crippen molar-refractivity contribution < 1.29 is 9.53 Å². The fourth-order valence-corrected chi connectivity index (χ4v) is 2.12. The highest BCUT2D eigenvalue weighted by atomic mass is 16.5. The number of nitrogens with zero attached hydrogens (tertiary/aromatic N) is 1. The molecule has 23 heavy (non-hydrogen) atoms. The number of amides is 1. The highest BCUT2D eigenvalue weighted by Crippen LogP contribution is 2.22. The second-order valence-electron chi connectivity index (χ2n) is 6.27. The number of nitrogens with one attached hydrogen (secondary N) is 1. The van der Waals surface area contributed by atoms with Crippen molar-refractivity contribution in [1.82, 2.24) is 5.43 Å². The largest absolute Gasteiger partial charge is 0.496 e. The number of para-hydroxylation sites is 1. The van der Waals surface area contributed by atoms with Crippen LogP contribution in [0.2, 0.25) is 0 Å². The van der Waals surface area contributed by atoms with E-state index in [0.717, 1.165) is 5.56 Å². The van der Waals surface area contributed by atoms with E-state index in [1.807, 2.05) is 48.5 Å². The van der Waals surface area contributed by atoms with E-state index in [9.17, 15) is 4.79 Å². The number of benzene rings is 2. The molecule has 0 aromatic heterocycles. The number of ether oxygens (including phenoxy) is 1. The molecule has 4 nitrogen and oxygen atoms in total. The Morgan fingerprint density at radius 3 is 2.35 bits per heavy atom. The van der Waals surface area contributed by atoms with Crippen LogP contribution in [0.3, 0.4) is 0 Å². The Labute approximate surface area is 137 Å². The van der Waals surface area contributed by atoms with Gasteiger partial charge in [-0.1, -0.05) is 45.0 Å². The summed E-state index contributed by atoms with van der Waals surface area (Å²) in [6.45, 7) is 6.42. The normalized spacial score (nSPS) is 11.5. The highest BCUT2D eigenvalue weighted by molar-refractivity contribution is 5.95. The third-order valence-corrected chi connectivity index (χ3v) is 3.52. The van der Waals surface area contributed by atoms with Crippen LogP contribution in [-0.4, -0.2) is 19.2 Å². The topological polar surface area (TPSA) is 50.7 Å². The summed E-state index contributed by atoms with van der Waals surface area (Å²) in [6.07, 6.45) is 1.57. The number of hydrazone groups is 1. The van der Waals surface area contributed by atoms with Crippen molar-refractivity contribution in [3.8, 4) is 5.75 Å². The summed E-state index contributed by atoms with van der Waals surface area (Å²) < 4.78 is 5.23. The highest BCUT2D eigenvalue weighted by Gasteiger charge is 2.14. The van der Waals surface area contributed by atoms with E-state index in [4.69, 9.17) is 4.74 Å². The molecule has 0 fully saturated rings. The van der Waals surface area contributed by atoms with Crippen molar-refractivity contribution in [3.63, 3.8) is 0 Å². The molecule has 1 N–H and O–H groups in total. The summed E-state index contributed by atoms with van der Waals surface area (Å²) in [5.41, 5.74) is 5.17. The predicted octanol–water partition coefficient (Wildman–Crippen LogP) is 3.76. The molecule has 0 spiro atoms. The summed E-state index contributed by atoms with van der Waals surface area (Å²) in [6, 6.07) is 15.0. The van der Waals surface area contributed by atoms with E-state index in [0.29, 0.717) is 11.3 Å². The summed E-state index contributed by atoms with van der Waals surface area (Å²) in [5, 5.41) is 3.99. The van der Waals surface area contributed by atoms with Gasteiger partial charge in [0, 0.05) is 11.1 Å². The monoisotopic (exact) mass is 310 g/mol. The molecule has 4 heteroatoms. The first-order valence-corrected chi connectivity index (χ1v) is 7.49. The summed E-state index contributed by atoms with van der Waals surface area (Å²) >= 11 is 0. The van der Waals surface area contributed by atoms with Crippen LogP contribution in [0, 0.1) is 0 Å². The number of carbonyl (C=O) groups is 1. The predicted molar refractivity (Wildman–Crippen MR) is 93.2 cm³/mol. The second kappa shape index (κ2) is 7.09. The van der Waals surface area contributed by atoms with Crippen LogP contribution in [0.1, 0.15) is 42.3 Å². The van der Waals surface area contributed by atoms with Crippen molar-refractivity contribution in [2.24, 2.45) is 5.10 Å². The standard InChI is InChI=1S/C19H22N2O2/c1-19(2,3)16-11-9-14(10-12-16)18(22)21-20-13-15-7-5-6-8-17(15)23-4/h5-13H,1-4H3,(H,21,22)/b20-13-. The maximum absolute atomic E-state index is 12.1. The molecule has 0 aliphatic heterocycles. The van der Waals surface area contributed by atoms with Crippen LogP contribution in [0.5, 0.6) is 5.75 Å². The fraction of sp³-hybridized carbons (Fsp3) is 0.263. The van der Waals surface area contributed by atoms with Crippen LogP contribution in [0.25, 0.3) is 0 Å². The first kappa shape index (κ1) is 16.7. The molecule has 1 amide bonds. The quantitative estimate of drug-likeness (QED) is 0.690. The number of methoxy groups -OCH3 is 1. The van der Waals surface area contributed by atoms with Crippen molar-refractivity contribution in [2.45, 2.75) is 26.2 Å². The number of hydrogen-bond donors (Lipinski definition) is 1. The van der Waals surface area contributed by atoms with E-state index < -0.39 is 0 Å². The molecule has 0 aliphatic carbocycles. The molecular weight excluding hydrogens is 288 g/mol. The molecule has 2 aromatic rings. The Bertz CT molecular complexity index is 698.